The molecule has 0 amide bonds. The molecule has 0 saturated carbocycles. The van der Waals surface area contributed by atoms with E-state index in [0.717, 1.165) is 16.9 Å². The first-order chi connectivity index (χ1) is 13.9. The number of hydrogen-bond donors (Lipinski definition) is 1. The first-order valence-corrected chi connectivity index (χ1v) is 9.89. The van der Waals surface area contributed by atoms with E-state index in [1.165, 1.54) is 0 Å². The lowest BCUT2D eigenvalue weighted by atomic mass is 10.2. The van der Waals surface area contributed by atoms with Crippen LogP contribution in [0.5, 0.6) is 11.5 Å². The summed E-state index contributed by atoms with van der Waals surface area (Å²) in [7, 11) is 3.10. The number of methoxy groups -OCH3 is 2. The normalized spacial score (nSPS) is 11.6. The van der Waals surface area contributed by atoms with Crippen molar-refractivity contribution in [2.75, 3.05) is 20.8 Å². The molecule has 3 aromatic rings. The lowest BCUT2D eigenvalue weighted by Crippen LogP contribution is -2.11. The number of carbonyl (C=O) groups excluding carboxylic acids is 1. The molecule has 0 aliphatic rings. The van der Waals surface area contributed by atoms with Gasteiger partial charge in [0.15, 0.2) is 17.3 Å². The highest BCUT2D eigenvalue weighted by atomic mass is 35.5. The molecule has 29 heavy (non-hydrogen) atoms. The van der Waals surface area contributed by atoms with E-state index in [1.54, 1.807) is 52.3 Å². The van der Waals surface area contributed by atoms with E-state index >= 15 is 0 Å². The quantitative estimate of drug-likeness (QED) is 0.584. The van der Waals surface area contributed by atoms with Crippen molar-refractivity contribution >= 4 is 50.2 Å². The molecule has 2 heterocycles. The van der Waals surface area contributed by atoms with E-state index in [9.17, 15) is 9.59 Å². The van der Waals surface area contributed by atoms with Crippen LogP contribution in [0.15, 0.2) is 23.0 Å². The Labute approximate surface area is 175 Å². The molecule has 0 spiro atoms. The van der Waals surface area contributed by atoms with Gasteiger partial charge in [-0.15, -0.1) is 11.3 Å². The lowest BCUT2D eigenvalue weighted by Gasteiger charge is -2.08. The fraction of sp³-hybridized carbons (Fsp3) is 0.250. The first-order valence-electron chi connectivity index (χ1n) is 8.69. The number of aryl methyl sites for hydroxylation is 1. The second-order valence-corrected chi connectivity index (χ2v) is 7.38. The van der Waals surface area contributed by atoms with Crippen LogP contribution in [0.1, 0.15) is 33.5 Å². The fourth-order valence-electron chi connectivity index (χ4n) is 2.81. The van der Waals surface area contributed by atoms with Gasteiger partial charge in [-0.3, -0.25) is 4.79 Å². The van der Waals surface area contributed by atoms with Crippen LogP contribution >= 0.6 is 22.9 Å². The van der Waals surface area contributed by atoms with Crippen LogP contribution in [0.25, 0.3) is 21.3 Å². The average molecular weight is 435 g/mol. The summed E-state index contributed by atoms with van der Waals surface area (Å²) in [5.41, 5.74) is 0.918. The molecule has 0 atom stereocenters. The SMILES string of the molecule is CCOC(=O)c1sc2nc(C(Cl)=Cc3ccc(OC)c(OC)c3)[nH]c(=O)c2c1C. The van der Waals surface area contributed by atoms with Crippen molar-refractivity contribution in [2.24, 2.45) is 0 Å². The minimum Gasteiger partial charge on any atom is -0.493 e. The van der Waals surface area contributed by atoms with Crippen molar-refractivity contribution in [2.45, 2.75) is 13.8 Å². The van der Waals surface area contributed by atoms with E-state index in [4.69, 9.17) is 25.8 Å². The number of fused-ring (bicyclic) bond motifs is 1. The second kappa shape index (κ2) is 8.67. The molecule has 1 N–H and O–H groups in total. The van der Waals surface area contributed by atoms with Crippen molar-refractivity contribution in [1.82, 2.24) is 9.97 Å². The molecule has 2 aromatic heterocycles. The topological polar surface area (TPSA) is 90.5 Å². The number of nitrogens with zero attached hydrogens (tertiary/aromatic N) is 1. The van der Waals surface area contributed by atoms with Gasteiger partial charge in [0.2, 0.25) is 0 Å². The number of H-pyrrole nitrogens is 1. The van der Waals surface area contributed by atoms with E-state index in [1.807, 2.05) is 0 Å². The van der Waals surface area contributed by atoms with Crippen LogP contribution in [0.2, 0.25) is 0 Å². The molecule has 3 rings (SSSR count). The molecule has 7 nitrogen and oxygen atoms in total. The van der Waals surface area contributed by atoms with E-state index in [2.05, 4.69) is 9.97 Å². The number of aromatic amines is 1. The zero-order valence-corrected chi connectivity index (χ0v) is 17.9. The summed E-state index contributed by atoms with van der Waals surface area (Å²) in [6.07, 6.45) is 1.65. The standard InChI is InChI=1S/C20H19ClN2O5S/c1-5-28-20(25)16-10(2)15-18(24)22-17(23-19(15)29-16)12(21)8-11-6-7-13(26-3)14(9-11)27-4/h6-9H,5H2,1-4H3,(H,22,23,24). The maximum absolute atomic E-state index is 12.6. The number of ether oxygens (including phenoxy) is 3. The zero-order valence-electron chi connectivity index (χ0n) is 16.3. The van der Waals surface area contributed by atoms with Crippen LogP contribution in [0, 0.1) is 6.92 Å². The molecule has 0 unspecified atom stereocenters. The van der Waals surface area contributed by atoms with Gasteiger partial charge < -0.3 is 19.2 Å². The summed E-state index contributed by atoms with van der Waals surface area (Å²) in [6, 6.07) is 5.31. The molecule has 0 aliphatic heterocycles. The van der Waals surface area contributed by atoms with Crippen LogP contribution in [-0.2, 0) is 4.74 Å². The van der Waals surface area contributed by atoms with Gasteiger partial charge in [-0.25, -0.2) is 9.78 Å². The van der Waals surface area contributed by atoms with Gasteiger partial charge in [0.25, 0.3) is 5.56 Å². The summed E-state index contributed by atoms with van der Waals surface area (Å²) in [4.78, 5) is 32.6. The van der Waals surface area contributed by atoms with E-state index in [-0.39, 0.29) is 23.0 Å². The molecule has 0 saturated heterocycles. The number of thiophene rings is 1. The molecule has 0 bridgehead atoms. The Hall–Kier alpha value is -2.84. The number of benzene rings is 1. The molecule has 0 radical (unpaired) electrons. The minimum atomic E-state index is -0.471. The Kier molecular flexibility index (Phi) is 6.24. The van der Waals surface area contributed by atoms with Crippen LogP contribution in [0.3, 0.4) is 0 Å². The molecule has 0 aliphatic carbocycles. The smallest absolute Gasteiger partial charge is 0.348 e. The highest BCUT2D eigenvalue weighted by molar-refractivity contribution is 7.20. The predicted molar refractivity (Wildman–Crippen MR) is 114 cm³/mol. The Balaban J connectivity index is 2.04. The summed E-state index contributed by atoms with van der Waals surface area (Å²) < 4.78 is 15.6. The zero-order chi connectivity index (χ0) is 21.1. The number of rotatable bonds is 6. The Morgan fingerprint density at radius 3 is 2.66 bits per heavy atom. The molecular formula is C20H19ClN2O5S. The maximum atomic E-state index is 12.6. The average Bonchev–Trinajstić information content (AvgIpc) is 3.05. The highest BCUT2D eigenvalue weighted by Crippen LogP contribution is 2.31. The third kappa shape index (κ3) is 4.13. The highest BCUT2D eigenvalue weighted by Gasteiger charge is 2.20. The molecule has 152 valence electrons. The Morgan fingerprint density at radius 2 is 2.00 bits per heavy atom. The van der Waals surface area contributed by atoms with E-state index < -0.39 is 5.97 Å². The van der Waals surface area contributed by atoms with Gasteiger partial charge in [-0.2, -0.15) is 0 Å². The van der Waals surface area contributed by atoms with Crippen molar-refractivity contribution in [3.8, 4) is 11.5 Å². The molecule has 9 heteroatoms. The van der Waals surface area contributed by atoms with Gasteiger partial charge in [0.1, 0.15) is 9.71 Å². The van der Waals surface area contributed by atoms with Crippen LogP contribution in [-0.4, -0.2) is 36.8 Å². The third-order valence-electron chi connectivity index (χ3n) is 4.19. The van der Waals surface area contributed by atoms with Gasteiger partial charge in [-0.05, 0) is 43.2 Å². The third-order valence-corrected chi connectivity index (χ3v) is 5.64. The minimum absolute atomic E-state index is 0.204. The molecule has 0 fully saturated rings. The summed E-state index contributed by atoms with van der Waals surface area (Å²) in [5, 5.41) is 0.595. The summed E-state index contributed by atoms with van der Waals surface area (Å²) in [6.45, 7) is 3.67. The van der Waals surface area contributed by atoms with Crippen molar-refractivity contribution in [3.05, 3.63) is 50.4 Å². The maximum Gasteiger partial charge on any atom is 0.348 e. The fourth-order valence-corrected chi connectivity index (χ4v) is 4.10. The van der Waals surface area contributed by atoms with Gasteiger partial charge in [0.05, 0.1) is 31.2 Å². The number of esters is 1. The first kappa shape index (κ1) is 20.9. The number of aromatic nitrogens is 2. The van der Waals surface area contributed by atoms with E-state index in [0.29, 0.717) is 32.2 Å². The summed E-state index contributed by atoms with van der Waals surface area (Å²) >= 11 is 7.52. The predicted octanol–water partition coefficient (Wildman–Crippen LogP) is 4.22. The monoisotopic (exact) mass is 434 g/mol. The largest absolute Gasteiger partial charge is 0.493 e. The Morgan fingerprint density at radius 1 is 1.28 bits per heavy atom. The van der Waals surface area contributed by atoms with Gasteiger partial charge in [-0.1, -0.05) is 17.7 Å². The van der Waals surface area contributed by atoms with Gasteiger partial charge in [0, 0.05) is 0 Å². The van der Waals surface area contributed by atoms with Crippen molar-refractivity contribution in [1.29, 1.82) is 0 Å². The van der Waals surface area contributed by atoms with Crippen molar-refractivity contribution < 1.29 is 19.0 Å². The molecule has 1 aromatic carbocycles. The Bertz CT molecular complexity index is 1170. The number of carbonyl (C=O) groups is 1. The van der Waals surface area contributed by atoms with Crippen molar-refractivity contribution in [3.63, 3.8) is 0 Å². The van der Waals surface area contributed by atoms with Crippen LogP contribution in [0.4, 0.5) is 0 Å². The second-order valence-electron chi connectivity index (χ2n) is 5.98. The number of hydrogen-bond acceptors (Lipinski definition) is 7. The number of halogens is 1. The van der Waals surface area contributed by atoms with Crippen LogP contribution < -0.4 is 15.0 Å². The number of nitrogens with one attached hydrogen (secondary N) is 1. The summed E-state index contributed by atoms with van der Waals surface area (Å²) in [5.74, 6) is 0.876. The van der Waals surface area contributed by atoms with Gasteiger partial charge >= 0.3 is 5.97 Å². The molecular weight excluding hydrogens is 416 g/mol. The lowest BCUT2D eigenvalue weighted by molar-refractivity contribution is 0.0531.